The van der Waals surface area contributed by atoms with E-state index in [9.17, 15) is 4.39 Å². The summed E-state index contributed by atoms with van der Waals surface area (Å²) in [5.74, 6) is 0.376. The fourth-order valence-corrected chi connectivity index (χ4v) is 2.93. The number of anilines is 1. The maximum absolute atomic E-state index is 14.5. The molecule has 0 fully saturated rings. The summed E-state index contributed by atoms with van der Waals surface area (Å²) in [5, 5.41) is 11.6. The second-order valence-corrected chi connectivity index (χ2v) is 6.28. The van der Waals surface area contributed by atoms with Crippen molar-refractivity contribution in [1.82, 2.24) is 10.2 Å². The summed E-state index contributed by atoms with van der Waals surface area (Å²) in [7, 11) is 0. The van der Waals surface area contributed by atoms with Crippen molar-refractivity contribution in [2.75, 3.05) is 5.32 Å². The van der Waals surface area contributed by atoms with Crippen molar-refractivity contribution >= 4 is 5.69 Å². The molecule has 0 unspecified atom stereocenters. The standard InChI is InChI=1S/C22H18FN3O/c1-15-8-7-11-17(14-15)24-20(18-12-5-6-13-19(18)23)22-26-25-21(27-22)16-9-3-2-4-10-16/h2-14,20,24H,1H3/t20-/m0/s1. The highest BCUT2D eigenvalue weighted by Crippen LogP contribution is 2.30. The number of aromatic nitrogens is 2. The lowest BCUT2D eigenvalue weighted by Crippen LogP contribution is -2.14. The Morgan fingerprint density at radius 1 is 0.889 bits per heavy atom. The highest BCUT2D eigenvalue weighted by molar-refractivity contribution is 5.53. The van der Waals surface area contributed by atoms with E-state index in [1.165, 1.54) is 6.07 Å². The van der Waals surface area contributed by atoms with Crippen LogP contribution in [0.15, 0.2) is 83.3 Å². The van der Waals surface area contributed by atoms with Crippen LogP contribution >= 0.6 is 0 Å². The number of aryl methyl sites for hydroxylation is 1. The van der Waals surface area contributed by atoms with Crippen LogP contribution in [0.1, 0.15) is 23.1 Å². The first-order valence-electron chi connectivity index (χ1n) is 8.67. The van der Waals surface area contributed by atoms with Crippen LogP contribution in [0.3, 0.4) is 0 Å². The average molecular weight is 359 g/mol. The summed E-state index contributed by atoms with van der Waals surface area (Å²) in [5.41, 5.74) is 3.21. The van der Waals surface area contributed by atoms with Gasteiger partial charge in [-0.05, 0) is 42.8 Å². The Hall–Kier alpha value is -3.47. The van der Waals surface area contributed by atoms with Crippen LogP contribution in [0.4, 0.5) is 10.1 Å². The van der Waals surface area contributed by atoms with Gasteiger partial charge in [0.15, 0.2) is 0 Å². The highest BCUT2D eigenvalue weighted by atomic mass is 19.1. The molecule has 0 saturated carbocycles. The largest absolute Gasteiger partial charge is 0.418 e. The van der Waals surface area contributed by atoms with Crippen LogP contribution in [-0.2, 0) is 0 Å². The van der Waals surface area contributed by atoms with Gasteiger partial charge in [-0.2, -0.15) is 0 Å². The van der Waals surface area contributed by atoms with E-state index >= 15 is 0 Å². The molecule has 0 radical (unpaired) electrons. The Labute approximate surface area is 156 Å². The summed E-state index contributed by atoms with van der Waals surface area (Å²) < 4.78 is 20.4. The topological polar surface area (TPSA) is 51.0 Å². The highest BCUT2D eigenvalue weighted by Gasteiger charge is 2.24. The van der Waals surface area contributed by atoms with Gasteiger partial charge in [0.2, 0.25) is 11.8 Å². The van der Waals surface area contributed by atoms with E-state index in [0.29, 0.717) is 17.3 Å². The molecule has 1 heterocycles. The van der Waals surface area contributed by atoms with Crippen molar-refractivity contribution in [2.24, 2.45) is 0 Å². The van der Waals surface area contributed by atoms with Gasteiger partial charge < -0.3 is 9.73 Å². The minimum absolute atomic E-state index is 0.306. The fourth-order valence-electron chi connectivity index (χ4n) is 2.93. The number of nitrogens with one attached hydrogen (secondary N) is 1. The Bertz CT molecular complexity index is 1050. The van der Waals surface area contributed by atoms with Gasteiger partial charge in [0.1, 0.15) is 11.9 Å². The minimum Gasteiger partial charge on any atom is -0.418 e. The first-order chi connectivity index (χ1) is 13.2. The summed E-state index contributed by atoms with van der Waals surface area (Å²) >= 11 is 0. The number of hydrogen-bond donors (Lipinski definition) is 1. The Morgan fingerprint density at radius 3 is 2.44 bits per heavy atom. The molecule has 134 valence electrons. The third-order valence-corrected chi connectivity index (χ3v) is 4.25. The maximum atomic E-state index is 14.5. The molecule has 1 aromatic heterocycles. The van der Waals surface area contributed by atoms with Crippen LogP contribution in [0.5, 0.6) is 0 Å². The zero-order valence-electron chi connectivity index (χ0n) is 14.8. The van der Waals surface area contributed by atoms with Crippen molar-refractivity contribution in [2.45, 2.75) is 13.0 Å². The Balaban J connectivity index is 1.74. The smallest absolute Gasteiger partial charge is 0.247 e. The molecular formula is C22H18FN3O. The minimum atomic E-state index is -0.599. The maximum Gasteiger partial charge on any atom is 0.247 e. The normalized spacial score (nSPS) is 11.9. The quantitative estimate of drug-likeness (QED) is 0.519. The second-order valence-electron chi connectivity index (χ2n) is 6.28. The lowest BCUT2D eigenvalue weighted by molar-refractivity contribution is 0.485. The van der Waals surface area contributed by atoms with E-state index in [-0.39, 0.29) is 5.82 Å². The number of nitrogens with zero attached hydrogens (tertiary/aromatic N) is 2. The van der Waals surface area contributed by atoms with E-state index in [4.69, 9.17) is 4.42 Å². The van der Waals surface area contributed by atoms with E-state index in [1.807, 2.05) is 61.5 Å². The molecular weight excluding hydrogens is 341 g/mol. The molecule has 0 amide bonds. The van der Waals surface area contributed by atoms with Gasteiger partial charge in [-0.25, -0.2) is 4.39 Å². The molecule has 1 atom stereocenters. The van der Waals surface area contributed by atoms with Crippen LogP contribution in [0, 0.1) is 12.7 Å². The molecule has 27 heavy (non-hydrogen) atoms. The predicted octanol–water partition coefficient (Wildman–Crippen LogP) is 5.39. The van der Waals surface area contributed by atoms with Gasteiger partial charge in [-0.1, -0.05) is 48.5 Å². The first-order valence-corrected chi connectivity index (χ1v) is 8.67. The summed E-state index contributed by atoms with van der Waals surface area (Å²) in [6, 6.07) is 23.4. The van der Waals surface area contributed by atoms with Crippen molar-refractivity contribution in [3.05, 3.63) is 102 Å². The SMILES string of the molecule is Cc1cccc(N[C@H](c2nnc(-c3ccccc3)o2)c2ccccc2F)c1. The van der Waals surface area contributed by atoms with Crippen LogP contribution in [0.2, 0.25) is 0 Å². The van der Waals surface area contributed by atoms with Gasteiger partial charge in [-0.15, -0.1) is 10.2 Å². The van der Waals surface area contributed by atoms with Gasteiger partial charge >= 0.3 is 0 Å². The lowest BCUT2D eigenvalue weighted by atomic mass is 10.1. The molecule has 3 aromatic carbocycles. The molecule has 4 rings (SSSR count). The molecule has 0 aliphatic rings. The zero-order valence-corrected chi connectivity index (χ0v) is 14.8. The van der Waals surface area contributed by atoms with Crippen molar-refractivity contribution in [1.29, 1.82) is 0 Å². The zero-order chi connectivity index (χ0) is 18.6. The van der Waals surface area contributed by atoms with Crippen LogP contribution < -0.4 is 5.32 Å². The van der Waals surface area contributed by atoms with Gasteiger partial charge in [0, 0.05) is 16.8 Å². The molecule has 0 saturated heterocycles. The average Bonchev–Trinajstić information content (AvgIpc) is 3.18. The third kappa shape index (κ3) is 3.72. The second kappa shape index (κ2) is 7.41. The van der Waals surface area contributed by atoms with Crippen molar-refractivity contribution < 1.29 is 8.81 Å². The first kappa shape index (κ1) is 17.0. The monoisotopic (exact) mass is 359 g/mol. The summed E-state index contributed by atoms with van der Waals surface area (Å²) in [6.45, 7) is 2.00. The molecule has 4 nitrogen and oxygen atoms in total. The van der Waals surface area contributed by atoms with E-state index in [2.05, 4.69) is 15.5 Å². The van der Waals surface area contributed by atoms with Crippen LogP contribution in [-0.4, -0.2) is 10.2 Å². The molecule has 0 aliphatic carbocycles. The van der Waals surface area contributed by atoms with E-state index in [1.54, 1.807) is 18.2 Å². The Morgan fingerprint density at radius 2 is 1.67 bits per heavy atom. The molecule has 1 N–H and O–H groups in total. The number of rotatable bonds is 5. The number of halogens is 1. The summed E-state index contributed by atoms with van der Waals surface area (Å²) in [4.78, 5) is 0. The lowest BCUT2D eigenvalue weighted by Gasteiger charge is -2.18. The van der Waals surface area contributed by atoms with Crippen molar-refractivity contribution in [3.8, 4) is 11.5 Å². The molecule has 5 heteroatoms. The van der Waals surface area contributed by atoms with Crippen LogP contribution in [0.25, 0.3) is 11.5 Å². The molecule has 0 aliphatic heterocycles. The third-order valence-electron chi connectivity index (χ3n) is 4.25. The number of benzene rings is 3. The molecule has 4 aromatic rings. The predicted molar refractivity (Wildman–Crippen MR) is 103 cm³/mol. The van der Waals surface area contributed by atoms with Crippen molar-refractivity contribution in [3.63, 3.8) is 0 Å². The summed E-state index contributed by atoms with van der Waals surface area (Å²) in [6.07, 6.45) is 0. The van der Waals surface area contributed by atoms with E-state index in [0.717, 1.165) is 16.8 Å². The van der Waals surface area contributed by atoms with Gasteiger partial charge in [0.25, 0.3) is 0 Å². The van der Waals surface area contributed by atoms with Gasteiger partial charge in [0.05, 0.1) is 0 Å². The Kier molecular flexibility index (Phi) is 4.66. The molecule has 0 spiro atoms. The van der Waals surface area contributed by atoms with Gasteiger partial charge in [-0.3, -0.25) is 0 Å². The van der Waals surface area contributed by atoms with E-state index < -0.39 is 6.04 Å². The fraction of sp³-hybridized carbons (Fsp3) is 0.0909. The molecule has 0 bridgehead atoms. The number of hydrogen-bond acceptors (Lipinski definition) is 4.